The van der Waals surface area contributed by atoms with E-state index in [2.05, 4.69) is 13.8 Å². The lowest BCUT2D eigenvalue weighted by molar-refractivity contribution is 0.476. The molecule has 0 spiro atoms. The monoisotopic (exact) mass is 356 g/mol. The minimum absolute atomic E-state index is 0.0816. The van der Waals surface area contributed by atoms with Gasteiger partial charge in [0.05, 0.1) is 0 Å². The molecule has 0 aliphatic rings. The molecule has 0 radical (unpaired) electrons. The summed E-state index contributed by atoms with van der Waals surface area (Å²) in [4.78, 5) is 13.0. The van der Waals surface area contributed by atoms with Crippen molar-refractivity contribution in [3.05, 3.63) is 63.5 Å². The van der Waals surface area contributed by atoms with Gasteiger partial charge in [0.1, 0.15) is 5.75 Å². The van der Waals surface area contributed by atoms with E-state index in [1.165, 1.54) is 6.07 Å². The zero-order valence-corrected chi connectivity index (χ0v) is 15.0. The summed E-state index contributed by atoms with van der Waals surface area (Å²) in [6.45, 7) is 4.94. The van der Waals surface area contributed by atoms with Gasteiger partial charge in [-0.1, -0.05) is 37.6 Å². The Morgan fingerprint density at radius 2 is 1.80 bits per heavy atom. The summed E-state index contributed by atoms with van der Waals surface area (Å²) in [6, 6.07) is 12.3. The topological polar surface area (TPSA) is 68.2 Å². The molecule has 0 amide bonds. The number of hydrogen-bond acceptors (Lipinski definition) is 3. The van der Waals surface area contributed by atoms with Crippen molar-refractivity contribution in [2.45, 2.75) is 26.9 Å². The lowest BCUT2D eigenvalue weighted by Crippen LogP contribution is -2.28. The summed E-state index contributed by atoms with van der Waals surface area (Å²) in [5.41, 5.74) is 8.51. The number of halogens is 1. The van der Waals surface area contributed by atoms with Gasteiger partial charge in [-0.15, -0.1) is 0 Å². The van der Waals surface area contributed by atoms with Crippen LogP contribution in [0.2, 0.25) is 5.02 Å². The second-order valence-corrected chi connectivity index (χ2v) is 7.01. The fourth-order valence-electron chi connectivity index (χ4n) is 3.19. The maximum atomic E-state index is 13.0. The molecule has 3 N–H and O–H groups in total. The van der Waals surface area contributed by atoms with Gasteiger partial charge in [0.2, 0.25) is 0 Å². The zero-order valence-electron chi connectivity index (χ0n) is 14.3. The molecule has 1 aromatic heterocycles. The predicted molar refractivity (Wildman–Crippen MR) is 103 cm³/mol. The van der Waals surface area contributed by atoms with Crippen molar-refractivity contribution >= 4 is 22.4 Å². The highest BCUT2D eigenvalue weighted by Crippen LogP contribution is 2.33. The standard InChI is InChI=1S/C20H21ClN2O2/c1-12(2)11-23-18(10-22)19(13-3-5-14(21)6-4-13)17-9-15(24)7-8-16(17)20(23)25/h3-9,12,24H,10-11,22H2,1-2H3. The lowest BCUT2D eigenvalue weighted by atomic mass is 9.96. The Hall–Kier alpha value is -2.30. The smallest absolute Gasteiger partial charge is 0.258 e. The molecule has 0 saturated carbocycles. The molecule has 3 rings (SSSR count). The van der Waals surface area contributed by atoms with Crippen molar-refractivity contribution in [2.75, 3.05) is 0 Å². The number of fused-ring (bicyclic) bond motifs is 1. The van der Waals surface area contributed by atoms with Crippen molar-refractivity contribution in [3.63, 3.8) is 0 Å². The SMILES string of the molecule is CC(C)Cn1c(CN)c(-c2ccc(Cl)cc2)c2cc(O)ccc2c1=O. The first-order valence-electron chi connectivity index (χ1n) is 8.26. The van der Waals surface area contributed by atoms with Gasteiger partial charge in [-0.3, -0.25) is 4.79 Å². The van der Waals surface area contributed by atoms with Gasteiger partial charge in [0.25, 0.3) is 5.56 Å². The number of phenolic OH excluding ortho intramolecular Hbond substituents is 1. The van der Waals surface area contributed by atoms with E-state index in [9.17, 15) is 9.90 Å². The Morgan fingerprint density at radius 3 is 2.40 bits per heavy atom. The van der Waals surface area contributed by atoms with E-state index in [4.69, 9.17) is 17.3 Å². The van der Waals surface area contributed by atoms with Crippen LogP contribution in [0.5, 0.6) is 5.75 Å². The van der Waals surface area contributed by atoms with Gasteiger partial charge >= 0.3 is 0 Å². The lowest BCUT2D eigenvalue weighted by Gasteiger charge is -2.20. The first kappa shape index (κ1) is 17.5. The fourth-order valence-corrected chi connectivity index (χ4v) is 3.32. The van der Waals surface area contributed by atoms with Crippen LogP contribution >= 0.6 is 11.6 Å². The molecule has 25 heavy (non-hydrogen) atoms. The van der Waals surface area contributed by atoms with Crippen LogP contribution in [0.25, 0.3) is 21.9 Å². The van der Waals surface area contributed by atoms with Crippen LogP contribution in [0.4, 0.5) is 0 Å². The van der Waals surface area contributed by atoms with Crippen molar-refractivity contribution < 1.29 is 5.11 Å². The molecule has 0 aliphatic heterocycles. The number of rotatable bonds is 4. The third-order valence-corrected chi connectivity index (χ3v) is 4.49. The van der Waals surface area contributed by atoms with Crippen LogP contribution in [0.3, 0.4) is 0 Å². The average Bonchev–Trinajstić information content (AvgIpc) is 2.57. The largest absolute Gasteiger partial charge is 0.508 e. The van der Waals surface area contributed by atoms with Gasteiger partial charge in [0, 0.05) is 40.1 Å². The quantitative estimate of drug-likeness (QED) is 0.738. The molecule has 130 valence electrons. The first-order valence-corrected chi connectivity index (χ1v) is 8.64. The molecule has 0 saturated heterocycles. The number of nitrogens with two attached hydrogens (primary N) is 1. The van der Waals surface area contributed by atoms with Gasteiger partial charge < -0.3 is 15.4 Å². The van der Waals surface area contributed by atoms with Gasteiger partial charge in [-0.05, 0) is 41.8 Å². The van der Waals surface area contributed by atoms with Crippen LogP contribution in [-0.4, -0.2) is 9.67 Å². The van der Waals surface area contributed by atoms with Crippen LogP contribution in [0, 0.1) is 5.92 Å². The highest BCUT2D eigenvalue weighted by Gasteiger charge is 2.18. The molecule has 1 heterocycles. The summed E-state index contributed by atoms with van der Waals surface area (Å²) in [6.07, 6.45) is 0. The number of aromatic hydroxyl groups is 1. The molecule has 2 aromatic carbocycles. The maximum absolute atomic E-state index is 13.0. The van der Waals surface area contributed by atoms with E-state index < -0.39 is 0 Å². The molecule has 0 fully saturated rings. The maximum Gasteiger partial charge on any atom is 0.258 e. The molecular weight excluding hydrogens is 336 g/mol. The minimum atomic E-state index is -0.0816. The van der Waals surface area contributed by atoms with Crippen LogP contribution in [0.1, 0.15) is 19.5 Å². The minimum Gasteiger partial charge on any atom is -0.508 e. The normalized spacial score (nSPS) is 11.4. The molecular formula is C20H21ClN2O2. The number of benzene rings is 2. The van der Waals surface area contributed by atoms with Crippen molar-refractivity contribution in [3.8, 4) is 16.9 Å². The number of nitrogens with zero attached hydrogens (tertiary/aromatic N) is 1. The Bertz CT molecular complexity index is 976. The van der Waals surface area contributed by atoms with Gasteiger partial charge in [-0.2, -0.15) is 0 Å². The molecule has 5 heteroatoms. The second-order valence-electron chi connectivity index (χ2n) is 6.57. The summed E-state index contributed by atoms with van der Waals surface area (Å²) in [5, 5.41) is 11.9. The third kappa shape index (κ3) is 3.28. The van der Waals surface area contributed by atoms with Gasteiger partial charge in [-0.25, -0.2) is 0 Å². The number of hydrogen-bond donors (Lipinski definition) is 2. The summed E-state index contributed by atoms with van der Waals surface area (Å²) in [7, 11) is 0. The highest BCUT2D eigenvalue weighted by atomic mass is 35.5. The molecule has 0 bridgehead atoms. The molecule has 4 nitrogen and oxygen atoms in total. The number of pyridine rings is 1. The fraction of sp³-hybridized carbons (Fsp3) is 0.250. The van der Waals surface area contributed by atoms with Crippen LogP contribution in [0.15, 0.2) is 47.3 Å². The number of phenols is 1. The Balaban J connectivity index is 2.46. The Labute approximate surface area is 151 Å². The second kappa shape index (κ2) is 6.90. The van der Waals surface area contributed by atoms with Crippen molar-refractivity contribution in [1.29, 1.82) is 0 Å². The van der Waals surface area contributed by atoms with Crippen molar-refractivity contribution in [1.82, 2.24) is 4.57 Å². The van der Waals surface area contributed by atoms with E-state index in [1.54, 1.807) is 16.7 Å². The summed E-state index contributed by atoms with van der Waals surface area (Å²) in [5.74, 6) is 0.419. The Kier molecular flexibility index (Phi) is 4.84. The Morgan fingerprint density at radius 1 is 1.12 bits per heavy atom. The average molecular weight is 357 g/mol. The predicted octanol–water partition coefficient (Wildman–Crippen LogP) is 4.14. The molecule has 0 unspecified atom stereocenters. The summed E-state index contributed by atoms with van der Waals surface area (Å²) < 4.78 is 1.76. The first-order chi connectivity index (χ1) is 11.9. The van der Waals surface area contributed by atoms with Crippen molar-refractivity contribution in [2.24, 2.45) is 11.7 Å². The van der Waals surface area contributed by atoms with E-state index in [0.29, 0.717) is 28.3 Å². The number of aromatic nitrogens is 1. The zero-order chi connectivity index (χ0) is 18.1. The highest BCUT2D eigenvalue weighted by molar-refractivity contribution is 6.30. The van der Waals surface area contributed by atoms with E-state index in [1.807, 2.05) is 24.3 Å². The van der Waals surface area contributed by atoms with E-state index in [0.717, 1.165) is 16.8 Å². The van der Waals surface area contributed by atoms with Crippen LogP contribution < -0.4 is 11.3 Å². The molecule has 0 atom stereocenters. The van der Waals surface area contributed by atoms with Gasteiger partial charge in [0.15, 0.2) is 0 Å². The summed E-state index contributed by atoms with van der Waals surface area (Å²) >= 11 is 6.02. The molecule has 3 aromatic rings. The third-order valence-electron chi connectivity index (χ3n) is 4.24. The van der Waals surface area contributed by atoms with E-state index in [-0.39, 0.29) is 17.9 Å². The molecule has 0 aliphatic carbocycles. The van der Waals surface area contributed by atoms with E-state index >= 15 is 0 Å². The van der Waals surface area contributed by atoms with Crippen LogP contribution in [-0.2, 0) is 13.1 Å².